The molecule has 0 aliphatic carbocycles. The van der Waals surface area contributed by atoms with Crippen LogP contribution in [0.3, 0.4) is 0 Å². The molecule has 2 heterocycles. The van der Waals surface area contributed by atoms with Crippen molar-refractivity contribution in [3.8, 4) is 0 Å². The van der Waals surface area contributed by atoms with E-state index in [1.54, 1.807) is 0 Å². The quantitative estimate of drug-likeness (QED) is 0.246. The Hall–Kier alpha value is -1.92. The fourth-order valence-corrected chi connectivity index (χ4v) is 6.02. The van der Waals surface area contributed by atoms with Crippen LogP contribution in [0.15, 0.2) is 48.8 Å². The second-order valence-electron chi connectivity index (χ2n) is 7.93. The van der Waals surface area contributed by atoms with Crippen LogP contribution in [-0.2, 0) is 16.1 Å². The zero-order chi connectivity index (χ0) is 22.6. The molecule has 1 atom stereocenters. The van der Waals surface area contributed by atoms with Crippen LogP contribution < -0.4 is 9.47 Å². The Labute approximate surface area is 200 Å². The highest BCUT2D eigenvalue weighted by atomic mass is 33.1. The highest BCUT2D eigenvalue weighted by Crippen LogP contribution is 2.29. The summed E-state index contributed by atoms with van der Waals surface area (Å²) in [6, 6.07) is 12.9. The first-order valence-corrected chi connectivity index (χ1v) is 14.1. The molecule has 1 aliphatic heterocycles. The van der Waals surface area contributed by atoms with Crippen molar-refractivity contribution >= 4 is 45.4 Å². The van der Waals surface area contributed by atoms with Gasteiger partial charge in [0.25, 0.3) is 0 Å². The Morgan fingerprint density at radius 3 is 2.44 bits per heavy atom. The standard InChI is InChI=1S/C26H35N2O2S2/c1-3-28(4-2)24-13-11-22(12-14-24)9-10-23-15-18-27(19-16-23)17-5-8-26(29)30-25-7-6-20-31-32-21-25/h9-16,18-19,25H,3-8,17,20-21H2,1-2H3/q+1. The number of esters is 1. The number of rotatable bonds is 10. The molecular weight excluding hydrogens is 436 g/mol. The van der Waals surface area contributed by atoms with E-state index < -0.39 is 0 Å². The van der Waals surface area contributed by atoms with Crippen molar-refractivity contribution in [2.24, 2.45) is 0 Å². The van der Waals surface area contributed by atoms with Crippen LogP contribution in [-0.4, -0.2) is 36.7 Å². The highest BCUT2D eigenvalue weighted by molar-refractivity contribution is 8.76. The molecule has 0 N–H and O–H groups in total. The summed E-state index contributed by atoms with van der Waals surface area (Å²) >= 11 is 0. The smallest absolute Gasteiger partial charge is 0.306 e. The third-order valence-corrected chi connectivity index (χ3v) is 8.13. The number of benzene rings is 1. The third kappa shape index (κ3) is 8.21. The Bertz CT molecular complexity index is 841. The molecule has 0 saturated carbocycles. The fraction of sp³-hybridized carbons (Fsp3) is 0.462. The van der Waals surface area contributed by atoms with Crippen LogP contribution in [0.2, 0.25) is 0 Å². The van der Waals surface area contributed by atoms with Gasteiger partial charge in [0.1, 0.15) is 12.6 Å². The Kier molecular flexibility index (Phi) is 10.5. The molecule has 6 heteroatoms. The highest BCUT2D eigenvalue weighted by Gasteiger charge is 2.17. The number of hydrogen-bond acceptors (Lipinski definition) is 5. The summed E-state index contributed by atoms with van der Waals surface area (Å²) in [6.07, 6.45) is 11.9. The van der Waals surface area contributed by atoms with Gasteiger partial charge < -0.3 is 9.64 Å². The number of anilines is 1. The van der Waals surface area contributed by atoms with Gasteiger partial charge in [-0.25, -0.2) is 4.57 Å². The van der Waals surface area contributed by atoms with Crippen LogP contribution in [0.5, 0.6) is 0 Å². The topological polar surface area (TPSA) is 33.4 Å². The molecule has 3 rings (SSSR count). The van der Waals surface area contributed by atoms with E-state index in [-0.39, 0.29) is 12.1 Å². The summed E-state index contributed by atoms with van der Waals surface area (Å²) in [5.74, 6) is 2.01. The zero-order valence-electron chi connectivity index (χ0n) is 19.2. The minimum Gasteiger partial charge on any atom is -0.461 e. The largest absolute Gasteiger partial charge is 0.461 e. The molecule has 172 valence electrons. The number of aromatic nitrogens is 1. The van der Waals surface area contributed by atoms with Crippen molar-refractivity contribution in [1.82, 2.24) is 0 Å². The van der Waals surface area contributed by atoms with Crippen molar-refractivity contribution in [3.05, 3.63) is 59.9 Å². The molecule has 32 heavy (non-hydrogen) atoms. The SMILES string of the molecule is CCN(CC)c1ccc(/C=C/c2cc[n+](CCCC(=O)OC3CCCSSC3)cc2)cc1. The molecule has 4 nitrogen and oxygen atoms in total. The van der Waals surface area contributed by atoms with E-state index >= 15 is 0 Å². The minimum atomic E-state index is -0.0605. The van der Waals surface area contributed by atoms with E-state index in [4.69, 9.17) is 4.74 Å². The molecule has 1 aliphatic rings. The molecule has 0 bridgehead atoms. The van der Waals surface area contributed by atoms with Gasteiger partial charge in [0.2, 0.25) is 0 Å². The maximum Gasteiger partial charge on any atom is 0.306 e. The van der Waals surface area contributed by atoms with Crippen molar-refractivity contribution in [2.75, 3.05) is 29.5 Å². The van der Waals surface area contributed by atoms with Crippen LogP contribution in [0.1, 0.15) is 50.7 Å². The fourth-order valence-electron chi connectivity index (χ4n) is 3.69. The van der Waals surface area contributed by atoms with E-state index in [2.05, 4.69) is 84.3 Å². The van der Waals surface area contributed by atoms with E-state index in [0.29, 0.717) is 6.42 Å². The first-order valence-electron chi connectivity index (χ1n) is 11.6. The Balaban J connectivity index is 1.42. The van der Waals surface area contributed by atoms with Gasteiger partial charge in [-0.05, 0) is 49.9 Å². The number of aryl methyl sites for hydroxylation is 1. The van der Waals surface area contributed by atoms with Crippen molar-refractivity contribution < 1.29 is 14.1 Å². The second-order valence-corrected chi connectivity index (χ2v) is 10.6. The number of pyridine rings is 1. The zero-order valence-corrected chi connectivity index (χ0v) is 20.9. The summed E-state index contributed by atoms with van der Waals surface area (Å²) in [5, 5.41) is 0. The molecule has 0 spiro atoms. The summed E-state index contributed by atoms with van der Waals surface area (Å²) in [7, 11) is 3.71. The van der Waals surface area contributed by atoms with Crippen molar-refractivity contribution in [1.29, 1.82) is 0 Å². The molecule has 1 aromatic carbocycles. The molecule has 1 aromatic heterocycles. The normalized spacial score (nSPS) is 16.6. The summed E-state index contributed by atoms with van der Waals surface area (Å²) in [6.45, 7) is 7.23. The van der Waals surface area contributed by atoms with E-state index in [1.165, 1.54) is 11.3 Å². The van der Waals surface area contributed by atoms with Crippen molar-refractivity contribution in [2.45, 2.75) is 52.2 Å². The van der Waals surface area contributed by atoms with Crippen LogP contribution in [0, 0.1) is 0 Å². The number of ether oxygens (including phenoxy) is 1. The van der Waals surface area contributed by atoms with Gasteiger partial charge in [0.15, 0.2) is 12.4 Å². The van der Waals surface area contributed by atoms with E-state index in [0.717, 1.165) is 56.0 Å². The molecule has 0 radical (unpaired) electrons. The van der Waals surface area contributed by atoms with Gasteiger partial charge >= 0.3 is 5.97 Å². The van der Waals surface area contributed by atoms with Gasteiger partial charge in [-0.3, -0.25) is 4.79 Å². The third-order valence-electron chi connectivity index (χ3n) is 5.59. The van der Waals surface area contributed by atoms with Gasteiger partial charge in [-0.2, -0.15) is 0 Å². The molecule has 0 amide bonds. The Morgan fingerprint density at radius 1 is 1.06 bits per heavy atom. The molecular formula is C26H35N2O2S2+. The number of hydrogen-bond donors (Lipinski definition) is 0. The Morgan fingerprint density at radius 2 is 1.75 bits per heavy atom. The molecule has 1 fully saturated rings. The maximum absolute atomic E-state index is 12.1. The lowest BCUT2D eigenvalue weighted by atomic mass is 10.1. The van der Waals surface area contributed by atoms with Gasteiger partial charge in [0.05, 0.1) is 6.42 Å². The summed E-state index contributed by atoms with van der Waals surface area (Å²) in [5.41, 5.74) is 3.63. The maximum atomic E-state index is 12.1. The second kappa shape index (κ2) is 13.6. The van der Waals surface area contributed by atoms with Gasteiger partial charge in [0, 0.05) is 48.8 Å². The van der Waals surface area contributed by atoms with Crippen molar-refractivity contribution in [3.63, 3.8) is 0 Å². The van der Waals surface area contributed by atoms with Gasteiger partial charge in [-0.1, -0.05) is 45.9 Å². The predicted octanol–water partition coefficient (Wildman–Crippen LogP) is 5.86. The molecule has 1 unspecified atom stereocenters. The lowest BCUT2D eigenvalue weighted by molar-refractivity contribution is -0.697. The first-order chi connectivity index (χ1) is 15.7. The van der Waals surface area contributed by atoms with E-state index in [1.807, 2.05) is 21.6 Å². The summed E-state index contributed by atoms with van der Waals surface area (Å²) in [4.78, 5) is 14.5. The monoisotopic (exact) mass is 471 g/mol. The lowest BCUT2D eigenvalue weighted by Crippen LogP contribution is -2.33. The molecule has 2 aromatic rings. The molecule has 1 saturated heterocycles. The minimum absolute atomic E-state index is 0.0605. The predicted molar refractivity (Wildman–Crippen MR) is 139 cm³/mol. The van der Waals surface area contributed by atoms with E-state index in [9.17, 15) is 4.79 Å². The number of carbonyl (C=O) groups is 1. The number of nitrogens with zero attached hydrogens (tertiary/aromatic N) is 2. The lowest BCUT2D eigenvalue weighted by Gasteiger charge is -2.20. The first kappa shape index (κ1) is 24.7. The van der Waals surface area contributed by atoms with Crippen LogP contribution in [0.25, 0.3) is 12.2 Å². The average molecular weight is 472 g/mol. The summed E-state index contributed by atoms with van der Waals surface area (Å²) < 4.78 is 7.77. The van der Waals surface area contributed by atoms with Crippen LogP contribution >= 0.6 is 21.6 Å². The number of carbonyl (C=O) groups excluding carboxylic acids is 1. The average Bonchev–Trinajstić information content (AvgIpc) is 3.09. The van der Waals surface area contributed by atoms with Crippen LogP contribution in [0.4, 0.5) is 5.69 Å². The van der Waals surface area contributed by atoms with Gasteiger partial charge in [-0.15, -0.1) is 0 Å².